The topological polar surface area (TPSA) is 29.1 Å². The van der Waals surface area contributed by atoms with Crippen LogP contribution >= 0.6 is 22.6 Å². The van der Waals surface area contributed by atoms with Crippen LogP contribution in [0.2, 0.25) is 0 Å². The lowest BCUT2D eigenvalue weighted by Gasteiger charge is -2.07. The number of benzene rings is 1. The molecule has 1 amide bonds. The van der Waals surface area contributed by atoms with E-state index in [4.69, 9.17) is 0 Å². The smallest absolute Gasteiger partial charge is 0.234 e. The molecule has 1 N–H and O–H groups in total. The van der Waals surface area contributed by atoms with Gasteiger partial charge < -0.3 is 5.32 Å². The second-order valence-electron chi connectivity index (χ2n) is 2.83. The van der Waals surface area contributed by atoms with Crippen LogP contribution in [0.15, 0.2) is 36.9 Å². The van der Waals surface area contributed by atoms with E-state index in [-0.39, 0.29) is 5.91 Å². The molecule has 0 spiro atoms. The van der Waals surface area contributed by atoms with Crippen molar-refractivity contribution >= 4 is 34.2 Å². The number of allylic oxidation sites excluding steroid dienone is 1. The molecule has 0 radical (unpaired) electrons. The molecule has 0 saturated heterocycles. The van der Waals surface area contributed by atoms with Gasteiger partial charge >= 0.3 is 0 Å². The summed E-state index contributed by atoms with van der Waals surface area (Å²) in [6.45, 7) is 3.68. The van der Waals surface area contributed by atoms with Gasteiger partial charge in [0.25, 0.3) is 0 Å². The summed E-state index contributed by atoms with van der Waals surface area (Å²) < 4.78 is 0.472. The average molecular weight is 301 g/mol. The molecule has 0 bridgehead atoms. The summed E-state index contributed by atoms with van der Waals surface area (Å²) in [5, 5.41) is 2.85. The van der Waals surface area contributed by atoms with E-state index in [0.29, 0.717) is 4.43 Å². The first kappa shape index (κ1) is 11.2. The number of rotatable bonds is 4. The van der Waals surface area contributed by atoms with E-state index in [1.54, 1.807) is 0 Å². The van der Waals surface area contributed by atoms with Gasteiger partial charge in [-0.05, 0) is 18.1 Å². The van der Waals surface area contributed by atoms with Crippen LogP contribution in [-0.4, -0.2) is 10.3 Å². The van der Waals surface area contributed by atoms with Crippen LogP contribution in [-0.2, 0) is 11.2 Å². The second kappa shape index (κ2) is 5.80. The first-order valence-electron chi connectivity index (χ1n) is 4.32. The molecule has 0 atom stereocenters. The zero-order chi connectivity index (χ0) is 10.4. The lowest BCUT2D eigenvalue weighted by molar-refractivity contribution is -0.113. The standard InChI is InChI=1S/C11H12INO/c1-2-5-9-6-3-4-7-10(9)13-11(14)8-12/h2-4,6-7H,1,5,8H2,(H,13,14). The van der Waals surface area contributed by atoms with E-state index >= 15 is 0 Å². The predicted octanol–water partition coefficient (Wildman–Crippen LogP) is 2.79. The molecule has 14 heavy (non-hydrogen) atoms. The molecule has 0 saturated carbocycles. The minimum atomic E-state index is 0.0297. The van der Waals surface area contributed by atoms with Gasteiger partial charge in [-0.1, -0.05) is 46.9 Å². The second-order valence-corrected chi connectivity index (χ2v) is 3.59. The van der Waals surface area contributed by atoms with Crippen molar-refractivity contribution < 1.29 is 4.79 Å². The maximum absolute atomic E-state index is 11.2. The summed E-state index contributed by atoms with van der Waals surface area (Å²) in [6, 6.07) is 7.77. The Hall–Kier alpha value is -0.840. The molecule has 0 aromatic heterocycles. The lowest BCUT2D eigenvalue weighted by atomic mass is 10.1. The number of carbonyl (C=O) groups is 1. The molecular formula is C11H12INO. The Bertz CT molecular complexity index is 336. The first-order valence-corrected chi connectivity index (χ1v) is 5.85. The number of alkyl halides is 1. The minimum Gasteiger partial charge on any atom is -0.325 e. The van der Waals surface area contributed by atoms with Gasteiger partial charge in [-0.15, -0.1) is 6.58 Å². The van der Waals surface area contributed by atoms with E-state index in [0.717, 1.165) is 17.7 Å². The molecule has 74 valence electrons. The highest BCUT2D eigenvalue weighted by Crippen LogP contribution is 2.15. The monoisotopic (exact) mass is 301 g/mol. The van der Waals surface area contributed by atoms with Crippen molar-refractivity contribution in [2.75, 3.05) is 9.74 Å². The van der Waals surface area contributed by atoms with E-state index in [9.17, 15) is 4.79 Å². The number of amides is 1. The lowest BCUT2D eigenvalue weighted by Crippen LogP contribution is -2.13. The van der Waals surface area contributed by atoms with Crippen LogP contribution in [0.4, 0.5) is 5.69 Å². The van der Waals surface area contributed by atoms with Crippen molar-refractivity contribution in [2.45, 2.75) is 6.42 Å². The van der Waals surface area contributed by atoms with Crippen molar-refractivity contribution in [3.8, 4) is 0 Å². The van der Waals surface area contributed by atoms with Crippen molar-refractivity contribution in [3.63, 3.8) is 0 Å². The molecule has 0 heterocycles. The molecule has 1 rings (SSSR count). The van der Waals surface area contributed by atoms with Gasteiger partial charge in [0.15, 0.2) is 0 Å². The van der Waals surface area contributed by atoms with Gasteiger partial charge in [-0.2, -0.15) is 0 Å². The van der Waals surface area contributed by atoms with Crippen molar-refractivity contribution in [2.24, 2.45) is 0 Å². The fourth-order valence-corrected chi connectivity index (χ4v) is 1.35. The molecule has 2 nitrogen and oxygen atoms in total. The predicted molar refractivity (Wildman–Crippen MR) is 67.9 cm³/mol. The van der Waals surface area contributed by atoms with Crippen LogP contribution in [0.1, 0.15) is 5.56 Å². The van der Waals surface area contributed by atoms with E-state index in [1.165, 1.54) is 0 Å². The highest BCUT2D eigenvalue weighted by Gasteiger charge is 2.03. The molecule has 0 unspecified atom stereocenters. The highest BCUT2D eigenvalue weighted by atomic mass is 127. The quantitative estimate of drug-likeness (QED) is 0.517. The third-order valence-corrected chi connectivity index (χ3v) is 2.47. The fraction of sp³-hybridized carbons (Fsp3) is 0.182. The first-order chi connectivity index (χ1) is 6.77. The van der Waals surface area contributed by atoms with Crippen LogP contribution in [0.3, 0.4) is 0 Å². The highest BCUT2D eigenvalue weighted by molar-refractivity contribution is 14.1. The van der Waals surface area contributed by atoms with Gasteiger partial charge in [0.05, 0.1) is 4.43 Å². The summed E-state index contributed by atoms with van der Waals surface area (Å²) in [6.07, 6.45) is 2.60. The number of halogens is 1. The summed E-state index contributed by atoms with van der Waals surface area (Å²) >= 11 is 2.04. The Morgan fingerprint density at radius 2 is 2.21 bits per heavy atom. The number of hydrogen-bond acceptors (Lipinski definition) is 1. The van der Waals surface area contributed by atoms with Crippen LogP contribution < -0.4 is 5.32 Å². The fourth-order valence-electron chi connectivity index (χ4n) is 1.16. The Kier molecular flexibility index (Phi) is 4.65. The van der Waals surface area contributed by atoms with Gasteiger partial charge in [0.2, 0.25) is 5.91 Å². The van der Waals surface area contributed by atoms with E-state index in [1.807, 2.05) is 52.9 Å². The average Bonchev–Trinajstić information content (AvgIpc) is 2.21. The van der Waals surface area contributed by atoms with E-state index < -0.39 is 0 Å². The number of carbonyl (C=O) groups excluding carboxylic acids is 1. The van der Waals surface area contributed by atoms with E-state index in [2.05, 4.69) is 11.9 Å². The Labute approximate surface area is 97.5 Å². The largest absolute Gasteiger partial charge is 0.325 e. The van der Waals surface area contributed by atoms with Crippen molar-refractivity contribution in [1.82, 2.24) is 0 Å². The number of anilines is 1. The van der Waals surface area contributed by atoms with Gasteiger partial charge in [-0.3, -0.25) is 4.79 Å². The van der Waals surface area contributed by atoms with Gasteiger partial charge in [-0.25, -0.2) is 0 Å². The SMILES string of the molecule is C=CCc1ccccc1NC(=O)CI. The molecule has 0 aliphatic carbocycles. The summed E-state index contributed by atoms with van der Waals surface area (Å²) in [5.74, 6) is 0.0297. The Morgan fingerprint density at radius 3 is 2.86 bits per heavy atom. The zero-order valence-corrected chi connectivity index (χ0v) is 9.95. The third-order valence-electron chi connectivity index (χ3n) is 1.78. The minimum absolute atomic E-state index is 0.0297. The van der Waals surface area contributed by atoms with Crippen molar-refractivity contribution in [3.05, 3.63) is 42.5 Å². The molecule has 0 aliphatic heterocycles. The summed E-state index contributed by atoms with van der Waals surface area (Å²) in [4.78, 5) is 11.2. The number of hydrogen-bond donors (Lipinski definition) is 1. The molecule has 1 aromatic carbocycles. The van der Waals surface area contributed by atoms with Crippen LogP contribution in [0, 0.1) is 0 Å². The molecular weight excluding hydrogens is 289 g/mol. The maximum Gasteiger partial charge on any atom is 0.234 e. The Balaban J connectivity index is 2.83. The molecule has 1 aromatic rings. The van der Waals surface area contributed by atoms with Crippen LogP contribution in [0.5, 0.6) is 0 Å². The molecule has 0 aliphatic rings. The van der Waals surface area contributed by atoms with Crippen molar-refractivity contribution in [1.29, 1.82) is 0 Å². The van der Waals surface area contributed by atoms with Gasteiger partial charge in [0.1, 0.15) is 0 Å². The normalized spacial score (nSPS) is 9.50. The summed E-state index contributed by atoms with van der Waals surface area (Å²) in [5.41, 5.74) is 1.98. The van der Waals surface area contributed by atoms with Gasteiger partial charge in [0, 0.05) is 5.69 Å². The Morgan fingerprint density at radius 1 is 1.50 bits per heavy atom. The van der Waals surface area contributed by atoms with Crippen LogP contribution in [0.25, 0.3) is 0 Å². The number of nitrogens with one attached hydrogen (secondary N) is 1. The summed E-state index contributed by atoms with van der Waals surface area (Å²) in [7, 11) is 0. The third kappa shape index (κ3) is 3.14. The maximum atomic E-state index is 11.2. The zero-order valence-electron chi connectivity index (χ0n) is 7.79. The number of para-hydroxylation sites is 1. The molecule has 0 fully saturated rings. The molecule has 3 heteroatoms.